The van der Waals surface area contributed by atoms with E-state index in [1.807, 2.05) is 12.1 Å². The summed E-state index contributed by atoms with van der Waals surface area (Å²) in [5.74, 6) is 1.89. The van der Waals surface area contributed by atoms with Crippen LogP contribution < -0.4 is 4.74 Å². The molecule has 1 aliphatic carbocycles. The van der Waals surface area contributed by atoms with Gasteiger partial charge in [0.05, 0.1) is 0 Å². The highest BCUT2D eigenvalue weighted by atomic mass is 79.9. The van der Waals surface area contributed by atoms with E-state index in [-0.39, 0.29) is 10.6 Å². The van der Waals surface area contributed by atoms with Crippen molar-refractivity contribution in [3.05, 3.63) is 51.7 Å². The molecule has 0 spiro atoms. The molecule has 2 nitrogen and oxygen atoms in total. The quantitative estimate of drug-likeness (QED) is 0.532. The van der Waals surface area contributed by atoms with Gasteiger partial charge in [0.1, 0.15) is 11.5 Å². The molecular weight excluding hydrogens is 440 g/mol. The van der Waals surface area contributed by atoms with Crippen LogP contribution in [0.2, 0.25) is 0 Å². The van der Waals surface area contributed by atoms with Gasteiger partial charge in [0.25, 0.3) is 6.29 Å². The summed E-state index contributed by atoms with van der Waals surface area (Å²) in [6, 6.07) is 6.10. The van der Waals surface area contributed by atoms with E-state index in [1.54, 1.807) is 0 Å². The van der Waals surface area contributed by atoms with Gasteiger partial charge >= 0.3 is 0 Å². The average Bonchev–Trinajstić information content (AvgIpc) is 2.77. The zero-order valence-corrected chi connectivity index (χ0v) is 14.5. The van der Waals surface area contributed by atoms with Crippen molar-refractivity contribution in [2.45, 2.75) is 21.9 Å². The summed E-state index contributed by atoms with van der Waals surface area (Å²) in [5, 5.41) is 0. The predicted molar refractivity (Wildman–Crippen MR) is 83.7 cm³/mol. The Labute approximate surface area is 136 Å². The molecule has 0 saturated heterocycles. The molecule has 5 heteroatoms. The number of rotatable bonds is 0. The number of halogens is 3. The lowest BCUT2D eigenvalue weighted by Crippen LogP contribution is -2.30. The van der Waals surface area contributed by atoms with Crippen LogP contribution in [0.25, 0.3) is 0 Å². The van der Waals surface area contributed by atoms with Gasteiger partial charge in [-0.25, -0.2) is 0 Å². The Morgan fingerprint density at radius 2 is 2.11 bits per heavy atom. The number of hydrogen-bond acceptors (Lipinski definition) is 2. The Morgan fingerprint density at radius 1 is 1.26 bits per heavy atom. The second kappa shape index (κ2) is 4.12. The fraction of sp³-hybridized carbons (Fsp3) is 0.286. The zero-order chi connectivity index (χ0) is 13.2. The molecule has 0 bridgehead atoms. The van der Waals surface area contributed by atoms with Crippen LogP contribution in [-0.2, 0) is 9.06 Å². The molecule has 0 aromatic heterocycles. The molecule has 3 atom stereocenters. The van der Waals surface area contributed by atoms with E-state index in [0.29, 0.717) is 4.83 Å². The Bertz CT molecular complexity index is 638. The largest absolute Gasteiger partial charge is 0.457 e. The molecule has 0 N–H and O–H groups in total. The minimum absolute atomic E-state index is 0.316. The van der Waals surface area contributed by atoms with Gasteiger partial charge in [-0.15, -0.1) is 0 Å². The molecule has 0 radical (unpaired) electrons. The van der Waals surface area contributed by atoms with Gasteiger partial charge in [-0.05, 0) is 12.1 Å². The van der Waals surface area contributed by atoms with Crippen molar-refractivity contribution in [3.63, 3.8) is 0 Å². The van der Waals surface area contributed by atoms with Crippen molar-refractivity contribution in [1.29, 1.82) is 0 Å². The molecule has 4 rings (SSSR count). The van der Waals surface area contributed by atoms with Gasteiger partial charge in [0.15, 0.2) is 4.32 Å². The molecule has 2 heterocycles. The van der Waals surface area contributed by atoms with E-state index in [4.69, 9.17) is 9.47 Å². The first-order valence-electron chi connectivity index (χ1n) is 5.97. The van der Waals surface area contributed by atoms with Gasteiger partial charge in [-0.1, -0.05) is 66.0 Å². The van der Waals surface area contributed by atoms with Crippen LogP contribution in [0, 0.1) is 0 Å². The Kier molecular flexibility index (Phi) is 2.71. The van der Waals surface area contributed by atoms with Crippen LogP contribution in [0.5, 0.6) is 5.75 Å². The lowest BCUT2D eigenvalue weighted by molar-refractivity contribution is -0.0260. The highest BCUT2D eigenvalue weighted by molar-refractivity contribution is 9.10. The highest BCUT2D eigenvalue weighted by Crippen LogP contribution is 2.59. The number of hydrogen-bond donors (Lipinski definition) is 0. The molecule has 1 aromatic rings. The Morgan fingerprint density at radius 3 is 2.95 bits per heavy atom. The minimum Gasteiger partial charge on any atom is -0.457 e. The molecule has 3 unspecified atom stereocenters. The SMILES string of the molecule is Brc1ccc2c(c1)OC1OC3=C(C=CC(Br)C3)C21Br. The number of ether oxygens (including phenoxy) is 2. The molecule has 2 aliphatic heterocycles. The summed E-state index contributed by atoms with van der Waals surface area (Å²) in [7, 11) is 0. The molecule has 3 aliphatic rings. The molecule has 98 valence electrons. The third-order valence-corrected chi connectivity index (χ3v) is 6.04. The standard InChI is InChI=1S/C14H9Br3O2/c15-7-1-3-9-11(5-7)18-13-14(9,17)10-4-2-8(16)6-12(10)19-13/h1-5,8,13H,6H2. The Hall–Kier alpha value is -0.260. The fourth-order valence-corrected chi connectivity index (χ4v) is 4.46. The first-order valence-corrected chi connectivity index (χ1v) is 8.47. The zero-order valence-electron chi connectivity index (χ0n) is 9.70. The number of benzene rings is 1. The second-order valence-corrected chi connectivity index (χ2v) is 8.18. The topological polar surface area (TPSA) is 18.5 Å². The van der Waals surface area contributed by atoms with Gasteiger partial charge in [0, 0.05) is 26.9 Å². The van der Waals surface area contributed by atoms with Crippen LogP contribution in [0.4, 0.5) is 0 Å². The molecular formula is C14H9Br3O2. The van der Waals surface area contributed by atoms with Crippen LogP contribution in [-0.4, -0.2) is 11.1 Å². The van der Waals surface area contributed by atoms with Crippen LogP contribution >= 0.6 is 47.8 Å². The molecule has 0 fully saturated rings. The van der Waals surface area contributed by atoms with Crippen LogP contribution in [0.1, 0.15) is 12.0 Å². The van der Waals surface area contributed by atoms with Crippen LogP contribution in [0.15, 0.2) is 46.2 Å². The monoisotopic (exact) mass is 446 g/mol. The van der Waals surface area contributed by atoms with E-state index < -0.39 is 0 Å². The summed E-state index contributed by atoms with van der Waals surface area (Å²) in [6.45, 7) is 0. The van der Waals surface area contributed by atoms with Gasteiger partial charge in [-0.2, -0.15) is 0 Å². The van der Waals surface area contributed by atoms with Crippen molar-refractivity contribution in [3.8, 4) is 5.75 Å². The second-order valence-electron chi connectivity index (χ2n) is 4.84. The van der Waals surface area contributed by atoms with E-state index in [1.165, 1.54) is 5.57 Å². The van der Waals surface area contributed by atoms with E-state index in [9.17, 15) is 0 Å². The molecule has 19 heavy (non-hydrogen) atoms. The first-order chi connectivity index (χ1) is 9.09. The van der Waals surface area contributed by atoms with E-state index in [2.05, 4.69) is 66.0 Å². The predicted octanol–water partition coefficient (Wildman–Crippen LogP) is 4.77. The van der Waals surface area contributed by atoms with Gasteiger partial charge in [0.2, 0.25) is 0 Å². The van der Waals surface area contributed by atoms with Crippen molar-refractivity contribution >= 4 is 47.8 Å². The maximum absolute atomic E-state index is 6.00. The third-order valence-electron chi connectivity index (χ3n) is 3.69. The maximum atomic E-state index is 6.00. The van der Waals surface area contributed by atoms with Gasteiger partial charge < -0.3 is 9.47 Å². The number of fused-ring (bicyclic) bond motifs is 4. The minimum atomic E-state index is -0.373. The lowest BCUT2D eigenvalue weighted by Gasteiger charge is -2.21. The summed E-state index contributed by atoms with van der Waals surface area (Å²) in [4.78, 5) is 0.338. The average molecular weight is 449 g/mol. The number of alkyl halides is 2. The van der Waals surface area contributed by atoms with E-state index >= 15 is 0 Å². The van der Waals surface area contributed by atoms with Crippen molar-refractivity contribution in [2.75, 3.05) is 0 Å². The van der Waals surface area contributed by atoms with E-state index in [0.717, 1.165) is 28.0 Å². The summed E-state index contributed by atoms with van der Waals surface area (Å²) >= 11 is 10.9. The number of allylic oxidation sites excluding steroid dienone is 3. The molecule has 0 saturated carbocycles. The Balaban J connectivity index is 1.87. The first kappa shape index (κ1) is 12.5. The maximum Gasteiger partial charge on any atom is 0.264 e. The van der Waals surface area contributed by atoms with Gasteiger partial charge in [-0.3, -0.25) is 0 Å². The van der Waals surface area contributed by atoms with Crippen molar-refractivity contribution in [1.82, 2.24) is 0 Å². The molecule has 0 amide bonds. The smallest absolute Gasteiger partial charge is 0.264 e. The summed E-state index contributed by atoms with van der Waals surface area (Å²) in [6.07, 6.45) is 4.84. The van der Waals surface area contributed by atoms with Crippen molar-refractivity contribution in [2.24, 2.45) is 0 Å². The summed E-state index contributed by atoms with van der Waals surface area (Å²) < 4.78 is 12.6. The van der Waals surface area contributed by atoms with Crippen molar-refractivity contribution < 1.29 is 9.47 Å². The summed E-state index contributed by atoms with van der Waals surface area (Å²) in [5.41, 5.74) is 2.30. The third kappa shape index (κ3) is 1.64. The highest BCUT2D eigenvalue weighted by Gasteiger charge is 2.57. The van der Waals surface area contributed by atoms with Crippen LogP contribution in [0.3, 0.4) is 0 Å². The fourth-order valence-electron chi connectivity index (χ4n) is 2.81. The lowest BCUT2D eigenvalue weighted by atomic mass is 9.89. The molecule has 1 aromatic carbocycles. The normalized spacial score (nSPS) is 34.5.